The Morgan fingerprint density at radius 2 is 2.03 bits per heavy atom. The third kappa shape index (κ3) is 4.37. The number of nitrogens with zero attached hydrogens (tertiary/aromatic N) is 3. The van der Waals surface area contributed by atoms with Crippen LogP contribution in [0.15, 0.2) is 60.9 Å². The Kier molecular flexibility index (Phi) is 5.42. The first kappa shape index (κ1) is 18.5. The van der Waals surface area contributed by atoms with Gasteiger partial charge < -0.3 is 19.5 Å². The molecule has 0 saturated heterocycles. The van der Waals surface area contributed by atoms with Gasteiger partial charge in [0.2, 0.25) is 5.88 Å². The summed E-state index contributed by atoms with van der Waals surface area (Å²) in [6.07, 6.45) is 1.00. The van der Waals surface area contributed by atoms with Crippen LogP contribution < -0.4 is 19.7 Å². The van der Waals surface area contributed by atoms with E-state index < -0.39 is 6.09 Å². The zero-order chi connectivity index (χ0) is 20.1. The van der Waals surface area contributed by atoms with Crippen molar-refractivity contribution in [1.29, 1.82) is 0 Å². The number of anilines is 2. The lowest BCUT2D eigenvalue weighted by atomic mass is 10.2. The molecule has 0 fully saturated rings. The van der Waals surface area contributed by atoms with Crippen molar-refractivity contribution in [3.63, 3.8) is 0 Å². The topological polar surface area (TPSA) is 85.8 Å². The van der Waals surface area contributed by atoms with E-state index in [2.05, 4.69) is 15.3 Å². The van der Waals surface area contributed by atoms with Crippen LogP contribution in [0, 0.1) is 0 Å². The van der Waals surface area contributed by atoms with Gasteiger partial charge in [0.25, 0.3) is 0 Å². The average Bonchev–Trinajstić information content (AvgIpc) is 2.77. The second kappa shape index (κ2) is 8.47. The molecule has 2 heterocycles. The van der Waals surface area contributed by atoms with Gasteiger partial charge in [-0.05, 0) is 17.7 Å². The second-order valence-corrected chi connectivity index (χ2v) is 6.26. The van der Waals surface area contributed by atoms with Crippen molar-refractivity contribution >= 4 is 17.6 Å². The number of carbonyl (C=O) groups excluding carboxylic acids is 1. The predicted octanol–water partition coefficient (Wildman–Crippen LogP) is 3.85. The molecule has 0 saturated carbocycles. The van der Waals surface area contributed by atoms with Crippen LogP contribution in [0.1, 0.15) is 5.56 Å². The number of benzene rings is 2. The zero-order valence-corrected chi connectivity index (χ0v) is 15.9. The summed E-state index contributed by atoms with van der Waals surface area (Å²) in [4.78, 5) is 22.3. The molecular formula is C21H20N4O4. The van der Waals surface area contributed by atoms with Crippen LogP contribution in [-0.2, 0) is 11.3 Å². The molecule has 1 aliphatic heterocycles. The van der Waals surface area contributed by atoms with Gasteiger partial charge in [0, 0.05) is 19.2 Å². The summed E-state index contributed by atoms with van der Waals surface area (Å²) in [6.45, 7) is 1.00. The minimum atomic E-state index is -0.415. The molecule has 4 rings (SSSR count). The van der Waals surface area contributed by atoms with Gasteiger partial charge in [0.05, 0.1) is 12.2 Å². The fourth-order valence-electron chi connectivity index (χ4n) is 2.90. The minimum absolute atomic E-state index is 0.217. The summed E-state index contributed by atoms with van der Waals surface area (Å²) in [6, 6.07) is 16.5. The first-order valence-corrected chi connectivity index (χ1v) is 9.15. The molecule has 1 amide bonds. The highest BCUT2D eigenvalue weighted by atomic mass is 16.6. The van der Waals surface area contributed by atoms with Gasteiger partial charge in [0.15, 0.2) is 0 Å². The van der Waals surface area contributed by atoms with E-state index in [1.807, 2.05) is 30.3 Å². The maximum Gasteiger partial charge on any atom is 0.414 e. The molecule has 1 N–H and O–H groups in total. The van der Waals surface area contributed by atoms with Crippen molar-refractivity contribution in [2.45, 2.75) is 6.61 Å². The van der Waals surface area contributed by atoms with E-state index >= 15 is 0 Å². The second-order valence-electron chi connectivity index (χ2n) is 6.26. The van der Waals surface area contributed by atoms with Gasteiger partial charge >= 0.3 is 6.09 Å². The minimum Gasteiger partial charge on any atom is -0.489 e. The molecule has 0 radical (unpaired) electrons. The molecule has 0 aliphatic carbocycles. The summed E-state index contributed by atoms with van der Waals surface area (Å²) in [5.74, 6) is 2.15. The maximum atomic E-state index is 12.6. The highest BCUT2D eigenvalue weighted by molar-refractivity contribution is 5.90. The molecule has 8 heteroatoms. The van der Waals surface area contributed by atoms with Crippen molar-refractivity contribution in [3.8, 4) is 17.4 Å². The van der Waals surface area contributed by atoms with Crippen LogP contribution in [0.5, 0.6) is 17.4 Å². The number of ether oxygens (including phenoxy) is 3. The molecule has 0 atom stereocenters. The lowest BCUT2D eigenvalue weighted by Crippen LogP contribution is -2.38. The summed E-state index contributed by atoms with van der Waals surface area (Å²) < 4.78 is 16.9. The molecule has 0 spiro atoms. The smallest absolute Gasteiger partial charge is 0.414 e. The summed E-state index contributed by atoms with van der Waals surface area (Å²) in [5, 5.41) is 2.93. The SMILES string of the molecule is CNc1cc(Oc2ccc3c(c2)OCCN3C(=O)OCc2ccccc2)ncn1. The van der Waals surface area contributed by atoms with E-state index in [0.29, 0.717) is 42.0 Å². The molecular weight excluding hydrogens is 372 g/mol. The van der Waals surface area contributed by atoms with Crippen molar-refractivity contribution in [1.82, 2.24) is 9.97 Å². The fourth-order valence-corrected chi connectivity index (χ4v) is 2.90. The van der Waals surface area contributed by atoms with Crippen molar-refractivity contribution in [2.24, 2.45) is 0 Å². The van der Waals surface area contributed by atoms with Crippen LogP contribution in [0.4, 0.5) is 16.3 Å². The Hall–Kier alpha value is -3.81. The maximum absolute atomic E-state index is 12.6. The highest BCUT2D eigenvalue weighted by Gasteiger charge is 2.25. The summed E-state index contributed by atoms with van der Waals surface area (Å²) in [7, 11) is 1.77. The van der Waals surface area contributed by atoms with Crippen LogP contribution in [0.3, 0.4) is 0 Å². The molecule has 0 bridgehead atoms. The lowest BCUT2D eigenvalue weighted by molar-refractivity contribution is 0.144. The van der Waals surface area contributed by atoms with Gasteiger partial charge in [-0.15, -0.1) is 0 Å². The lowest BCUT2D eigenvalue weighted by Gasteiger charge is -2.29. The molecule has 1 aliphatic rings. The standard InChI is InChI=1S/C21H20N4O4/c1-22-19-12-20(24-14-23-19)29-16-7-8-17-18(11-16)27-10-9-25(17)21(26)28-13-15-5-3-2-4-6-15/h2-8,11-12,14H,9-10,13H2,1H3,(H,22,23,24). The van der Waals surface area contributed by atoms with Crippen LogP contribution in [-0.4, -0.2) is 36.3 Å². The van der Waals surface area contributed by atoms with E-state index in [-0.39, 0.29) is 6.61 Å². The van der Waals surface area contributed by atoms with Crippen molar-refractivity contribution in [3.05, 3.63) is 66.5 Å². The van der Waals surface area contributed by atoms with Gasteiger partial charge in [0.1, 0.15) is 36.9 Å². The van der Waals surface area contributed by atoms with Crippen LogP contribution in [0.25, 0.3) is 0 Å². The first-order chi connectivity index (χ1) is 14.2. The zero-order valence-electron chi connectivity index (χ0n) is 15.9. The quantitative estimate of drug-likeness (QED) is 0.706. The number of nitrogens with one attached hydrogen (secondary N) is 1. The largest absolute Gasteiger partial charge is 0.489 e. The van der Waals surface area contributed by atoms with Gasteiger partial charge in [-0.25, -0.2) is 14.8 Å². The third-order valence-corrected chi connectivity index (χ3v) is 4.34. The third-order valence-electron chi connectivity index (χ3n) is 4.34. The van der Waals surface area contributed by atoms with E-state index in [0.717, 1.165) is 5.56 Å². The molecule has 8 nitrogen and oxygen atoms in total. The summed E-state index contributed by atoms with van der Waals surface area (Å²) in [5.41, 5.74) is 1.57. The Balaban J connectivity index is 1.47. The van der Waals surface area contributed by atoms with Gasteiger partial charge in [-0.2, -0.15) is 0 Å². The Labute approximate surface area is 168 Å². The van der Waals surface area contributed by atoms with Gasteiger partial charge in [-0.3, -0.25) is 4.90 Å². The normalized spacial score (nSPS) is 12.5. The predicted molar refractivity (Wildman–Crippen MR) is 108 cm³/mol. The van der Waals surface area contributed by atoms with E-state index in [1.165, 1.54) is 6.33 Å². The summed E-state index contributed by atoms with van der Waals surface area (Å²) >= 11 is 0. The number of fused-ring (bicyclic) bond motifs is 1. The molecule has 3 aromatic rings. The molecule has 1 aromatic heterocycles. The number of hydrogen-bond donors (Lipinski definition) is 1. The van der Waals surface area contributed by atoms with Crippen LogP contribution >= 0.6 is 0 Å². The van der Waals surface area contributed by atoms with E-state index in [4.69, 9.17) is 14.2 Å². The number of aromatic nitrogens is 2. The molecule has 2 aromatic carbocycles. The Morgan fingerprint density at radius 1 is 1.17 bits per heavy atom. The number of amides is 1. The number of carbonyl (C=O) groups is 1. The van der Waals surface area contributed by atoms with Crippen molar-refractivity contribution in [2.75, 3.05) is 30.4 Å². The fraction of sp³-hybridized carbons (Fsp3) is 0.190. The Morgan fingerprint density at radius 3 is 2.86 bits per heavy atom. The van der Waals surface area contributed by atoms with Gasteiger partial charge in [-0.1, -0.05) is 30.3 Å². The monoisotopic (exact) mass is 392 g/mol. The molecule has 0 unspecified atom stereocenters. The van der Waals surface area contributed by atoms with Crippen LogP contribution in [0.2, 0.25) is 0 Å². The average molecular weight is 392 g/mol. The first-order valence-electron chi connectivity index (χ1n) is 9.15. The molecule has 29 heavy (non-hydrogen) atoms. The number of rotatable bonds is 5. The highest BCUT2D eigenvalue weighted by Crippen LogP contribution is 2.36. The number of hydrogen-bond acceptors (Lipinski definition) is 7. The van der Waals surface area contributed by atoms with E-state index in [1.54, 1.807) is 36.2 Å². The van der Waals surface area contributed by atoms with E-state index in [9.17, 15) is 4.79 Å². The molecule has 148 valence electrons. The Bertz CT molecular complexity index is 997. The van der Waals surface area contributed by atoms with Crippen molar-refractivity contribution < 1.29 is 19.0 Å².